The van der Waals surface area contributed by atoms with Gasteiger partial charge in [0.15, 0.2) is 0 Å². The van der Waals surface area contributed by atoms with Crippen LogP contribution in [0.5, 0.6) is 0 Å². The molecule has 1 aromatic carbocycles. The molecule has 0 unspecified atom stereocenters. The molecule has 2 rings (SSSR count). The third-order valence-corrected chi connectivity index (χ3v) is 4.97. The Morgan fingerprint density at radius 3 is 2.73 bits per heavy atom. The number of thioether (sulfide) groups is 1. The van der Waals surface area contributed by atoms with Crippen LogP contribution in [-0.2, 0) is 16.0 Å². The van der Waals surface area contributed by atoms with Gasteiger partial charge in [-0.25, -0.2) is 0 Å². The summed E-state index contributed by atoms with van der Waals surface area (Å²) in [5.41, 5.74) is 1.17. The molecule has 0 aromatic heterocycles. The van der Waals surface area contributed by atoms with Crippen molar-refractivity contribution >= 4 is 51.7 Å². The Morgan fingerprint density at radius 2 is 2.09 bits per heavy atom. The molecule has 0 saturated carbocycles. The van der Waals surface area contributed by atoms with E-state index in [1.165, 1.54) is 17.3 Å². The number of nitrogens with zero attached hydrogens (tertiary/aromatic N) is 1. The normalized spacial score (nSPS) is 14.5. The molecule has 2 amide bonds. The van der Waals surface area contributed by atoms with Crippen molar-refractivity contribution in [3.05, 3.63) is 34.9 Å². The van der Waals surface area contributed by atoms with E-state index in [4.69, 9.17) is 23.8 Å². The van der Waals surface area contributed by atoms with Crippen LogP contribution in [0.3, 0.4) is 0 Å². The van der Waals surface area contributed by atoms with Crippen LogP contribution in [0.25, 0.3) is 0 Å². The van der Waals surface area contributed by atoms with Gasteiger partial charge in [0.2, 0.25) is 11.8 Å². The topological polar surface area (TPSA) is 49.4 Å². The molecule has 1 N–H and O–H groups in total. The monoisotopic (exact) mass is 356 g/mol. The van der Waals surface area contributed by atoms with Crippen LogP contribution in [-0.4, -0.2) is 39.9 Å². The van der Waals surface area contributed by atoms with Crippen molar-refractivity contribution in [2.45, 2.75) is 19.3 Å². The van der Waals surface area contributed by atoms with Crippen molar-refractivity contribution in [1.29, 1.82) is 0 Å². The van der Waals surface area contributed by atoms with Crippen LogP contribution in [0.15, 0.2) is 24.3 Å². The summed E-state index contributed by atoms with van der Waals surface area (Å²) in [6.07, 6.45) is 2.09. The molecule has 1 heterocycles. The van der Waals surface area contributed by atoms with Crippen LogP contribution in [0, 0.1) is 0 Å². The Morgan fingerprint density at radius 1 is 1.36 bits per heavy atom. The molecule has 0 atom stereocenters. The second kappa shape index (κ2) is 8.50. The van der Waals surface area contributed by atoms with Gasteiger partial charge in [0.05, 0.1) is 5.75 Å². The van der Waals surface area contributed by atoms with E-state index in [0.29, 0.717) is 34.6 Å². The zero-order valence-corrected chi connectivity index (χ0v) is 14.4. The fourth-order valence-electron chi connectivity index (χ4n) is 2.10. The van der Waals surface area contributed by atoms with Crippen LogP contribution in [0.1, 0.15) is 18.4 Å². The van der Waals surface area contributed by atoms with Gasteiger partial charge in [-0.05, 0) is 30.5 Å². The highest BCUT2D eigenvalue weighted by Gasteiger charge is 2.25. The first kappa shape index (κ1) is 17.2. The van der Waals surface area contributed by atoms with Crippen LogP contribution in [0.2, 0.25) is 5.02 Å². The molecule has 1 aromatic rings. The lowest BCUT2D eigenvalue weighted by molar-refractivity contribution is -0.125. The molecule has 1 aliphatic rings. The van der Waals surface area contributed by atoms with Crippen molar-refractivity contribution in [2.24, 2.45) is 0 Å². The van der Waals surface area contributed by atoms with Gasteiger partial charge in [-0.2, -0.15) is 0 Å². The molecule has 1 aliphatic heterocycles. The second-order valence-electron chi connectivity index (χ2n) is 4.93. The summed E-state index contributed by atoms with van der Waals surface area (Å²) < 4.78 is 0.599. The van der Waals surface area contributed by atoms with Gasteiger partial charge in [-0.3, -0.25) is 14.5 Å². The molecule has 4 nitrogen and oxygen atoms in total. The first-order valence-corrected chi connectivity index (χ1v) is 8.81. The Kier molecular flexibility index (Phi) is 6.67. The third kappa shape index (κ3) is 5.26. The molecule has 118 valence electrons. The average molecular weight is 357 g/mol. The molecular weight excluding hydrogens is 340 g/mol. The van der Waals surface area contributed by atoms with Gasteiger partial charge in [0.25, 0.3) is 0 Å². The summed E-state index contributed by atoms with van der Waals surface area (Å²) >= 11 is 12.3. The van der Waals surface area contributed by atoms with Crippen molar-refractivity contribution in [1.82, 2.24) is 10.2 Å². The molecule has 0 bridgehead atoms. The summed E-state index contributed by atoms with van der Waals surface area (Å²) in [5, 5.41) is 3.54. The quantitative estimate of drug-likeness (QED) is 0.763. The maximum Gasteiger partial charge on any atom is 0.238 e. The number of carbonyl (C=O) groups is 2. The number of thiocarbonyl (C=S) groups is 1. The average Bonchev–Trinajstić information content (AvgIpc) is 2.81. The molecule has 0 spiro atoms. The first-order chi connectivity index (χ1) is 10.6. The fourth-order valence-corrected chi connectivity index (χ4v) is 3.34. The number of rotatable bonds is 7. The second-order valence-corrected chi connectivity index (χ2v) is 6.98. The first-order valence-electron chi connectivity index (χ1n) is 7.04. The van der Waals surface area contributed by atoms with Gasteiger partial charge >= 0.3 is 0 Å². The van der Waals surface area contributed by atoms with E-state index in [1.807, 2.05) is 24.3 Å². The summed E-state index contributed by atoms with van der Waals surface area (Å²) in [7, 11) is 0. The number of carbonyl (C=O) groups excluding carboxylic acids is 2. The summed E-state index contributed by atoms with van der Waals surface area (Å²) in [5.74, 6) is 0.430. The molecule has 22 heavy (non-hydrogen) atoms. The van der Waals surface area contributed by atoms with Crippen molar-refractivity contribution in [3.8, 4) is 0 Å². The summed E-state index contributed by atoms with van der Waals surface area (Å²) in [6.45, 7) is 0.889. The summed E-state index contributed by atoms with van der Waals surface area (Å²) in [6, 6.07) is 7.64. The fraction of sp³-hybridized carbons (Fsp3) is 0.400. The van der Waals surface area contributed by atoms with Crippen LogP contribution >= 0.6 is 35.6 Å². The van der Waals surface area contributed by atoms with Gasteiger partial charge in [-0.15, -0.1) is 0 Å². The lowest BCUT2D eigenvalue weighted by atomic mass is 10.1. The standard InChI is InChI=1S/C15H17ClN2O2S2/c16-12-6-4-11(5-7-12)2-1-3-13(19)17-8-9-18-14(20)10-22-15(18)21/h4-7H,1-3,8-10H2,(H,17,19). The highest BCUT2D eigenvalue weighted by molar-refractivity contribution is 8.23. The number of nitrogens with one attached hydrogen (secondary N) is 1. The van der Waals surface area contributed by atoms with E-state index in [1.54, 1.807) is 4.90 Å². The molecular formula is C15H17ClN2O2S2. The third-order valence-electron chi connectivity index (χ3n) is 3.28. The van der Waals surface area contributed by atoms with E-state index in [0.717, 1.165) is 12.8 Å². The van der Waals surface area contributed by atoms with E-state index < -0.39 is 0 Å². The Labute approximate surface area is 144 Å². The number of aryl methyl sites for hydroxylation is 1. The predicted molar refractivity (Wildman–Crippen MR) is 94.2 cm³/mol. The van der Waals surface area contributed by atoms with Crippen LogP contribution < -0.4 is 5.32 Å². The minimum absolute atomic E-state index is 0.000758. The minimum Gasteiger partial charge on any atom is -0.354 e. The molecule has 1 saturated heterocycles. The Balaban J connectivity index is 1.61. The highest BCUT2D eigenvalue weighted by atomic mass is 35.5. The number of hydrogen-bond donors (Lipinski definition) is 1. The van der Waals surface area contributed by atoms with Crippen molar-refractivity contribution in [3.63, 3.8) is 0 Å². The van der Waals surface area contributed by atoms with E-state index in [9.17, 15) is 9.59 Å². The number of benzene rings is 1. The minimum atomic E-state index is -0.000758. The van der Waals surface area contributed by atoms with E-state index >= 15 is 0 Å². The lowest BCUT2D eigenvalue weighted by Crippen LogP contribution is -2.37. The number of hydrogen-bond acceptors (Lipinski definition) is 4. The molecule has 1 fully saturated rings. The zero-order chi connectivity index (χ0) is 15.9. The maximum atomic E-state index is 11.8. The molecule has 0 radical (unpaired) electrons. The molecule has 7 heteroatoms. The lowest BCUT2D eigenvalue weighted by Gasteiger charge is -2.15. The van der Waals surface area contributed by atoms with E-state index in [2.05, 4.69) is 5.32 Å². The Hall–Kier alpha value is -1.11. The Bertz CT molecular complexity index is 547. The number of amides is 2. The number of halogens is 1. The smallest absolute Gasteiger partial charge is 0.238 e. The van der Waals surface area contributed by atoms with E-state index in [-0.39, 0.29) is 11.8 Å². The largest absolute Gasteiger partial charge is 0.354 e. The zero-order valence-electron chi connectivity index (χ0n) is 12.0. The van der Waals surface area contributed by atoms with Crippen molar-refractivity contribution in [2.75, 3.05) is 18.8 Å². The van der Waals surface area contributed by atoms with Gasteiger partial charge in [0, 0.05) is 24.5 Å². The van der Waals surface area contributed by atoms with Crippen molar-refractivity contribution < 1.29 is 9.59 Å². The molecule has 0 aliphatic carbocycles. The van der Waals surface area contributed by atoms with Gasteiger partial charge < -0.3 is 5.32 Å². The van der Waals surface area contributed by atoms with Gasteiger partial charge in [0.1, 0.15) is 4.32 Å². The highest BCUT2D eigenvalue weighted by Crippen LogP contribution is 2.18. The summed E-state index contributed by atoms with van der Waals surface area (Å²) in [4.78, 5) is 24.8. The maximum absolute atomic E-state index is 11.8. The van der Waals surface area contributed by atoms with Gasteiger partial charge in [-0.1, -0.05) is 47.7 Å². The predicted octanol–water partition coefficient (Wildman–Crippen LogP) is 2.64. The van der Waals surface area contributed by atoms with Crippen LogP contribution in [0.4, 0.5) is 0 Å². The SMILES string of the molecule is O=C(CCCc1ccc(Cl)cc1)NCCN1C(=O)CSC1=S.